The molecule has 0 saturated carbocycles. The van der Waals surface area contributed by atoms with E-state index in [1.54, 1.807) is 10.7 Å². The monoisotopic (exact) mass is 510 g/mol. The molecule has 4 N–H and O–H groups in total. The summed E-state index contributed by atoms with van der Waals surface area (Å²) in [6, 6.07) is 13.7. The predicted octanol–water partition coefficient (Wildman–Crippen LogP) is 2.95. The van der Waals surface area contributed by atoms with Gasteiger partial charge in [-0.15, -0.1) is 0 Å². The number of ether oxygens (including phenoxy) is 1. The minimum Gasteiger partial charge on any atom is -0.492 e. The van der Waals surface area contributed by atoms with E-state index in [0.717, 1.165) is 34.5 Å². The number of hydrogen-bond donors (Lipinski definition) is 2. The highest BCUT2D eigenvalue weighted by Gasteiger charge is 2.33. The van der Waals surface area contributed by atoms with E-state index in [9.17, 15) is 4.79 Å². The summed E-state index contributed by atoms with van der Waals surface area (Å²) in [5.74, 6) is 0.955. The number of piperidine rings is 1. The zero-order chi connectivity index (χ0) is 26.1. The molecular formula is C29H32N7O2+. The Kier molecular flexibility index (Phi) is 6.61. The van der Waals surface area contributed by atoms with Gasteiger partial charge in [0.15, 0.2) is 5.65 Å². The third kappa shape index (κ3) is 4.55. The number of nitrogens with one attached hydrogen (secondary N) is 1. The number of likely N-dealkylation sites (tertiary alicyclic amines) is 1. The van der Waals surface area contributed by atoms with Crippen molar-refractivity contribution in [1.82, 2.24) is 24.4 Å². The molecule has 0 unspecified atom stereocenters. The molecule has 38 heavy (non-hydrogen) atoms. The summed E-state index contributed by atoms with van der Waals surface area (Å²) >= 11 is 0. The quantitative estimate of drug-likeness (QED) is 0.378. The maximum absolute atomic E-state index is 12.8. The average Bonchev–Trinajstić information content (AvgIpc) is 3.48. The van der Waals surface area contributed by atoms with Crippen LogP contribution in [0.4, 0.5) is 0 Å². The Morgan fingerprint density at radius 3 is 2.47 bits per heavy atom. The standard InChI is InChI=1S/C29H31N7O2/c30-10-13-35-27(31)24-9-6-21(16-25(24)29(35)37)26-18-33-36-19-22(17-32-28(26)36)20-4-7-23(8-5-20)38-15-14-34-11-2-1-3-12-34/h4-9,16-19,31H,1-3,10-15,30H2/p+1. The summed E-state index contributed by atoms with van der Waals surface area (Å²) in [4.78, 5) is 21.5. The highest BCUT2D eigenvalue weighted by atomic mass is 16.5. The lowest BCUT2D eigenvalue weighted by atomic mass is 10.0. The largest absolute Gasteiger partial charge is 0.492 e. The number of nitrogens with zero attached hydrogens (tertiary/aromatic N) is 5. The van der Waals surface area contributed by atoms with Gasteiger partial charge in [0, 0.05) is 35.6 Å². The van der Waals surface area contributed by atoms with Crippen molar-refractivity contribution >= 4 is 17.4 Å². The molecule has 9 heteroatoms. The molecule has 1 fully saturated rings. The minimum absolute atomic E-state index is 0.152. The van der Waals surface area contributed by atoms with Crippen LogP contribution < -0.4 is 10.5 Å². The summed E-state index contributed by atoms with van der Waals surface area (Å²) in [5, 5.41) is 12.9. The van der Waals surface area contributed by atoms with E-state index < -0.39 is 0 Å². The fraction of sp³-hybridized carbons (Fsp3) is 0.310. The maximum atomic E-state index is 12.8. The number of fused-ring (bicyclic) bond motifs is 2. The lowest BCUT2D eigenvalue weighted by molar-refractivity contribution is -0.366. The maximum Gasteiger partial charge on any atom is 0.260 e. The molecule has 1 saturated heterocycles. The molecule has 0 bridgehead atoms. The molecule has 1 amide bonds. The van der Waals surface area contributed by atoms with Gasteiger partial charge in [-0.05, 0) is 61.3 Å². The zero-order valence-corrected chi connectivity index (χ0v) is 21.4. The van der Waals surface area contributed by atoms with Crippen molar-refractivity contribution in [2.45, 2.75) is 19.3 Å². The van der Waals surface area contributed by atoms with E-state index in [1.807, 2.05) is 54.9 Å². The number of aromatic nitrogens is 3. The Labute approximate surface area is 221 Å². The van der Waals surface area contributed by atoms with Crippen molar-refractivity contribution in [2.75, 3.05) is 39.3 Å². The number of amidine groups is 1. The van der Waals surface area contributed by atoms with Crippen LogP contribution in [0.1, 0.15) is 35.2 Å². The van der Waals surface area contributed by atoms with Gasteiger partial charge in [0.2, 0.25) is 0 Å². The normalized spacial score (nSPS) is 15.9. The molecule has 4 heterocycles. The Balaban J connectivity index is 1.18. The summed E-state index contributed by atoms with van der Waals surface area (Å²) in [5.41, 5.74) is 9.39. The summed E-state index contributed by atoms with van der Waals surface area (Å²) in [6.45, 7) is 5.03. The minimum atomic E-state index is -0.152. The second kappa shape index (κ2) is 10.4. The first-order chi connectivity index (χ1) is 18.6. The summed E-state index contributed by atoms with van der Waals surface area (Å²) < 4.78 is 7.73. The fourth-order valence-electron chi connectivity index (χ4n) is 5.31. The van der Waals surface area contributed by atoms with Gasteiger partial charge in [0.25, 0.3) is 5.91 Å². The fourth-order valence-corrected chi connectivity index (χ4v) is 5.31. The molecule has 0 atom stereocenters. The van der Waals surface area contributed by atoms with Gasteiger partial charge in [0.05, 0.1) is 24.8 Å². The number of amides is 1. The van der Waals surface area contributed by atoms with Crippen molar-refractivity contribution in [1.29, 1.82) is 5.41 Å². The molecule has 194 valence electrons. The second-order valence-electron chi connectivity index (χ2n) is 9.86. The number of benzene rings is 2. The third-order valence-corrected chi connectivity index (χ3v) is 7.38. The van der Waals surface area contributed by atoms with Crippen LogP contribution in [0.2, 0.25) is 0 Å². The highest BCUT2D eigenvalue weighted by molar-refractivity contribution is 6.22. The first-order valence-electron chi connectivity index (χ1n) is 13.3. The predicted molar refractivity (Wildman–Crippen MR) is 145 cm³/mol. The molecule has 2 aromatic carbocycles. The topological polar surface area (TPSA) is 114 Å². The van der Waals surface area contributed by atoms with Crippen molar-refractivity contribution in [3.8, 4) is 28.0 Å². The summed E-state index contributed by atoms with van der Waals surface area (Å²) in [6.07, 6.45) is 9.50. The van der Waals surface area contributed by atoms with Crippen molar-refractivity contribution in [3.05, 3.63) is 72.2 Å². The lowest BCUT2D eigenvalue weighted by Crippen LogP contribution is -2.55. The molecule has 0 radical (unpaired) electrons. The molecule has 2 aromatic heterocycles. The number of carbonyl (C=O) groups is 1. The van der Waals surface area contributed by atoms with Gasteiger partial charge in [-0.25, -0.2) is 9.50 Å². The SMILES string of the molecule is N=C1c2ccc(-c3cnn4cc(-c5ccc(OCCN6CCCCC6)cc5)cnc34)cc2C(=O)N1CC[NH3+]. The van der Waals surface area contributed by atoms with Crippen LogP contribution in [0.3, 0.4) is 0 Å². The van der Waals surface area contributed by atoms with E-state index >= 15 is 0 Å². The average molecular weight is 511 g/mol. The Morgan fingerprint density at radius 2 is 1.68 bits per heavy atom. The Hall–Kier alpha value is -4.08. The molecule has 2 aliphatic rings. The molecule has 9 nitrogen and oxygen atoms in total. The van der Waals surface area contributed by atoms with Crippen LogP contribution >= 0.6 is 0 Å². The van der Waals surface area contributed by atoms with E-state index in [-0.39, 0.29) is 11.7 Å². The van der Waals surface area contributed by atoms with E-state index in [4.69, 9.17) is 15.1 Å². The van der Waals surface area contributed by atoms with Crippen LogP contribution in [0.25, 0.3) is 27.9 Å². The van der Waals surface area contributed by atoms with Crippen LogP contribution in [0, 0.1) is 5.41 Å². The molecule has 6 rings (SSSR count). The Bertz CT molecular complexity index is 1490. The van der Waals surface area contributed by atoms with Crippen LogP contribution in [-0.2, 0) is 0 Å². The molecule has 4 aromatic rings. The van der Waals surface area contributed by atoms with Crippen molar-refractivity contribution in [3.63, 3.8) is 0 Å². The van der Waals surface area contributed by atoms with Crippen LogP contribution in [-0.4, -0.2) is 75.5 Å². The van der Waals surface area contributed by atoms with Crippen LogP contribution in [0.15, 0.2) is 61.1 Å². The zero-order valence-electron chi connectivity index (χ0n) is 21.4. The number of quaternary nitrogens is 1. The number of carbonyl (C=O) groups excluding carboxylic acids is 1. The molecule has 0 aliphatic carbocycles. The van der Waals surface area contributed by atoms with E-state index in [1.165, 1.54) is 37.3 Å². The smallest absolute Gasteiger partial charge is 0.260 e. The highest BCUT2D eigenvalue weighted by Crippen LogP contribution is 2.31. The summed E-state index contributed by atoms with van der Waals surface area (Å²) in [7, 11) is 0. The van der Waals surface area contributed by atoms with E-state index in [0.29, 0.717) is 36.5 Å². The first kappa shape index (κ1) is 24.3. The third-order valence-electron chi connectivity index (χ3n) is 7.38. The number of hydrogen-bond acceptors (Lipinski definition) is 6. The van der Waals surface area contributed by atoms with Gasteiger partial charge >= 0.3 is 0 Å². The van der Waals surface area contributed by atoms with Gasteiger partial charge in [0.1, 0.15) is 18.2 Å². The van der Waals surface area contributed by atoms with Gasteiger partial charge in [-0.1, -0.05) is 24.6 Å². The van der Waals surface area contributed by atoms with Gasteiger partial charge in [-0.2, -0.15) is 5.10 Å². The van der Waals surface area contributed by atoms with Crippen molar-refractivity contribution in [2.24, 2.45) is 0 Å². The van der Waals surface area contributed by atoms with Crippen molar-refractivity contribution < 1.29 is 15.3 Å². The lowest BCUT2D eigenvalue weighted by Gasteiger charge is -2.26. The molecule has 0 spiro atoms. The van der Waals surface area contributed by atoms with E-state index in [2.05, 4.69) is 15.7 Å². The Morgan fingerprint density at radius 1 is 0.895 bits per heavy atom. The number of rotatable bonds is 8. The van der Waals surface area contributed by atoms with Gasteiger partial charge < -0.3 is 10.5 Å². The van der Waals surface area contributed by atoms with Crippen LogP contribution in [0.5, 0.6) is 5.75 Å². The first-order valence-corrected chi connectivity index (χ1v) is 13.3. The molecular weight excluding hydrogens is 478 g/mol. The molecule has 2 aliphatic heterocycles. The second-order valence-corrected chi connectivity index (χ2v) is 9.86. The van der Waals surface area contributed by atoms with Gasteiger partial charge in [-0.3, -0.25) is 20.0 Å².